The fourth-order valence-corrected chi connectivity index (χ4v) is 4.13. The minimum Gasteiger partial charge on any atom is -0.393 e. The molecule has 0 amide bonds. The van der Waals surface area contributed by atoms with Gasteiger partial charge in [0.2, 0.25) is 0 Å². The molecule has 0 saturated carbocycles. The van der Waals surface area contributed by atoms with Gasteiger partial charge in [0.15, 0.2) is 0 Å². The van der Waals surface area contributed by atoms with Crippen LogP contribution in [0.2, 0.25) is 0 Å². The van der Waals surface area contributed by atoms with Crippen molar-refractivity contribution in [3.63, 3.8) is 0 Å². The summed E-state index contributed by atoms with van der Waals surface area (Å²) in [5.74, 6) is 1.34. The minimum absolute atomic E-state index is 0.0538. The zero-order valence-corrected chi connectivity index (χ0v) is 17.0. The third-order valence-electron chi connectivity index (χ3n) is 6.04. The molecule has 1 aromatic rings. The van der Waals surface area contributed by atoms with Crippen LogP contribution >= 0.6 is 0 Å². The van der Waals surface area contributed by atoms with Crippen molar-refractivity contribution >= 4 is 0 Å². The Kier molecular flexibility index (Phi) is 7.95. The van der Waals surface area contributed by atoms with Crippen molar-refractivity contribution in [2.45, 2.75) is 79.9 Å². The second kappa shape index (κ2) is 9.01. The molecule has 24 heavy (non-hydrogen) atoms. The summed E-state index contributed by atoms with van der Waals surface area (Å²) in [7, 11) is 0. The molecule has 2 nitrogen and oxygen atoms in total. The van der Waals surface area contributed by atoms with Crippen LogP contribution in [-0.4, -0.2) is 17.8 Å². The Bertz CT molecular complexity index is 509. The number of hydrogen-bond acceptors (Lipinski definition) is 2. The Hall–Kier alpha value is -0.860. The van der Waals surface area contributed by atoms with Gasteiger partial charge < -0.3 is 9.84 Å². The lowest BCUT2D eigenvalue weighted by atomic mass is 9.66. The summed E-state index contributed by atoms with van der Waals surface area (Å²) in [5.41, 5.74) is 3.16. The average molecular weight is 335 g/mol. The van der Waals surface area contributed by atoms with E-state index in [1.54, 1.807) is 0 Å². The lowest BCUT2D eigenvalue weighted by Crippen LogP contribution is -2.54. The Morgan fingerprint density at radius 3 is 2.21 bits per heavy atom. The van der Waals surface area contributed by atoms with Crippen LogP contribution in [0.4, 0.5) is 0 Å². The smallest absolute Gasteiger partial charge is 0.119 e. The van der Waals surface area contributed by atoms with Gasteiger partial charge in [0, 0.05) is 0 Å². The lowest BCUT2D eigenvalue weighted by molar-refractivity contribution is -0.224. The summed E-state index contributed by atoms with van der Waals surface area (Å²) >= 11 is 0. The molecular formula is C22H38O2. The van der Waals surface area contributed by atoms with E-state index in [1.165, 1.54) is 16.7 Å². The largest absolute Gasteiger partial charge is 0.393 e. The van der Waals surface area contributed by atoms with E-state index in [2.05, 4.69) is 59.7 Å². The zero-order chi connectivity index (χ0) is 18.5. The summed E-state index contributed by atoms with van der Waals surface area (Å²) in [6.45, 7) is 17.4. The third-order valence-corrected chi connectivity index (χ3v) is 6.04. The summed E-state index contributed by atoms with van der Waals surface area (Å²) < 4.78 is 6.60. The maximum Gasteiger partial charge on any atom is 0.119 e. The van der Waals surface area contributed by atoms with Crippen molar-refractivity contribution < 1.29 is 9.84 Å². The highest BCUT2D eigenvalue weighted by Crippen LogP contribution is 2.48. The lowest BCUT2D eigenvalue weighted by Gasteiger charge is -2.52. The minimum atomic E-state index is -0.566. The second-order valence-electron chi connectivity index (χ2n) is 7.13. The average Bonchev–Trinajstić information content (AvgIpc) is 2.62. The summed E-state index contributed by atoms with van der Waals surface area (Å²) in [6.07, 6.45) is 2.17. The predicted molar refractivity (Wildman–Crippen MR) is 103 cm³/mol. The third kappa shape index (κ3) is 3.70. The molecule has 0 aromatic heterocycles. The first-order valence-corrected chi connectivity index (χ1v) is 9.79. The van der Waals surface area contributed by atoms with Gasteiger partial charge in [-0.2, -0.15) is 0 Å². The molecule has 1 heterocycles. The highest BCUT2D eigenvalue weighted by molar-refractivity contribution is 5.37. The summed E-state index contributed by atoms with van der Waals surface area (Å²) in [6, 6.07) is 6.58. The van der Waals surface area contributed by atoms with Crippen molar-refractivity contribution in [3.05, 3.63) is 34.9 Å². The first-order valence-electron chi connectivity index (χ1n) is 9.79. The van der Waals surface area contributed by atoms with Gasteiger partial charge in [-0.1, -0.05) is 72.2 Å². The fourth-order valence-electron chi connectivity index (χ4n) is 4.13. The van der Waals surface area contributed by atoms with Crippen LogP contribution < -0.4 is 0 Å². The predicted octanol–water partition coefficient (Wildman–Crippen LogP) is 5.49. The monoisotopic (exact) mass is 334 g/mol. The van der Waals surface area contributed by atoms with E-state index in [-0.39, 0.29) is 12.7 Å². The molecule has 1 N–H and O–H groups in total. The van der Waals surface area contributed by atoms with E-state index < -0.39 is 5.60 Å². The van der Waals surface area contributed by atoms with Gasteiger partial charge >= 0.3 is 0 Å². The summed E-state index contributed by atoms with van der Waals surface area (Å²) in [5, 5.41) is 10.4. The molecule has 1 aromatic carbocycles. The topological polar surface area (TPSA) is 29.5 Å². The molecule has 5 atom stereocenters. The Morgan fingerprint density at radius 1 is 1.08 bits per heavy atom. The molecule has 1 saturated heterocycles. The normalized spacial score (nSPS) is 32.9. The molecular weight excluding hydrogens is 296 g/mol. The Labute approximate surface area is 149 Å². The molecule has 0 bridgehead atoms. The van der Waals surface area contributed by atoms with Crippen LogP contribution in [0.3, 0.4) is 0 Å². The van der Waals surface area contributed by atoms with E-state index in [0.717, 1.165) is 12.8 Å². The molecule has 5 unspecified atom stereocenters. The zero-order valence-electron chi connectivity index (χ0n) is 17.0. The molecule has 138 valence electrons. The van der Waals surface area contributed by atoms with Crippen molar-refractivity contribution in [1.29, 1.82) is 0 Å². The first kappa shape index (κ1) is 21.2. The SMILES string of the molecule is CC.CCc1ccc(C)cc1C1(CO)OC(CC)C(C)C(C)C1C. The number of ether oxygens (including phenoxy) is 1. The molecule has 0 aliphatic carbocycles. The van der Waals surface area contributed by atoms with Gasteiger partial charge in [0.05, 0.1) is 12.7 Å². The van der Waals surface area contributed by atoms with Crippen molar-refractivity contribution in [1.82, 2.24) is 0 Å². The maximum atomic E-state index is 10.4. The van der Waals surface area contributed by atoms with Gasteiger partial charge in [-0.25, -0.2) is 0 Å². The molecule has 1 fully saturated rings. The van der Waals surface area contributed by atoms with E-state index in [0.29, 0.717) is 17.8 Å². The van der Waals surface area contributed by atoms with Crippen molar-refractivity contribution in [2.24, 2.45) is 17.8 Å². The van der Waals surface area contributed by atoms with E-state index in [1.807, 2.05) is 13.8 Å². The number of aryl methyl sites for hydroxylation is 2. The maximum absolute atomic E-state index is 10.4. The second-order valence-corrected chi connectivity index (χ2v) is 7.13. The quantitative estimate of drug-likeness (QED) is 0.789. The van der Waals surface area contributed by atoms with Crippen molar-refractivity contribution in [2.75, 3.05) is 6.61 Å². The van der Waals surface area contributed by atoms with Crippen LogP contribution in [0.15, 0.2) is 18.2 Å². The molecule has 2 heteroatoms. The van der Waals surface area contributed by atoms with Gasteiger partial charge in [-0.05, 0) is 48.6 Å². The van der Waals surface area contributed by atoms with Crippen LogP contribution in [-0.2, 0) is 16.8 Å². The Morgan fingerprint density at radius 2 is 1.71 bits per heavy atom. The van der Waals surface area contributed by atoms with Crippen LogP contribution in [0, 0.1) is 24.7 Å². The van der Waals surface area contributed by atoms with Gasteiger partial charge in [0.25, 0.3) is 0 Å². The van der Waals surface area contributed by atoms with Gasteiger partial charge in [-0.3, -0.25) is 0 Å². The van der Waals surface area contributed by atoms with E-state index in [9.17, 15) is 5.11 Å². The summed E-state index contributed by atoms with van der Waals surface area (Å²) in [4.78, 5) is 0. The Balaban J connectivity index is 0.00000139. The number of aliphatic hydroxyl groups is 1. The standard InChI is InChI=1S/C20H32O2.C2H6/c1-7-17-10-9-13(3)11-18(17)20(12-21)16(6)14(4)15(5)19(8-2)22-20;1-2/h9-11,14-16,19,21H,7-8,12H2,1-6H3;1-2H3. The molecule has 0 radical (unpaired) electrons. The van der Waals surface area contributed by atoms with Crippen molar-refractivity contribution in [3.8, 4) is 0 Å². The fraction of sp³-hybridized carbons (Fsp3) is 0.727. The first-order chi connectivity index (χ1) is 11.4. The van der Waals surface area contributed by atoms with Crippen LogP contribution in [0.5, 0.6) is 0 Å². The van der Waals surface area contributed by atoms with E-state index in [4.69, 9.17) is 4.74 Å². The highest BCUT2D eigenvalue weighted by atomic mass is 16.5. The number of hydrogen-bond donors (Lipinski definition) is 1. The molecule has 0 spiro atoms. The number of aliphatic hydroxyl groups excluding tert-OH is 1. The highest BCUT2D eigenvalue weighted by Gasteiger charge is 2.50. The number of benzene rings is 1. The van der Waals surface area contributed by atoms with Gasteiger partial charge in [0.1, 0.15) is 5.60 Å². The van der Waals surface area contributed by atoms with E-state index >= 15 is 0 Å². The van der Waals surface area contributed by atoms with Crippen LogP contribution in [0.1, 0.15) is 71.6 Å². The molecule has 2 rings (SSSR count). The van der Waals surface area contributed by atoms with Crippen LogP contribution in [0.25, 0.3) is 0 Å². The molecule has 1 aliphatic heterocycles. The van der Waals surface area contributed by atoms with Gasteiger partial charge in [-0.15, -0.1) is 0 Å². The number of rotatable bonds is 4. The molecule has 1 aliphatic rings.